The highest BCUT2D eigenvalue weighted by Crippen LogP contribution is 2.73. The highest BCUT2D eigenvalue weighted by atomic mass is 16.5. The summed E-state index contributed by atoms with van der Waals surface area (Å²) < 4.78 is 5.54. The topological polar surface area (TPSA) is 105 Å². The quantitative estimate of drug-likeness (QED) is 0.549. The molecule has 7 heteroatoms. The number of fused-ring (bicyclic) bond motifs is 3. The normalized spacial score (nSPS) is 22.1. The number of alkyl carbamates (subject to hydrolysis) is 1. The number of hydrogen-bond acceptors (Lipinski definition) is 4. The molecule has 0 heterocycles. The number of amides is 2. The van der Waals surface area contributed by atoms with Gasteiger partial charge in [0, 0.05) is 24.9 Å². The highest BCUT2D eigenvalue weighted by molar-refractivity contribution is 5.83. The molecule has 2 saturated carbocycles. The fourth-order valence-corrected chi connectivity index (χ4v) is 5.91. The van der Waals surface area contributed by atoms with Gasteiger partial charge in [0.25, 0.3) is 0 Å². The largest absolute Gasteiger partial charge is 0.481 e. The molecule has 2 atom stereocenters. The van der Waals surface area contributed by atoms with Crippen LogP contribution in [0.15, 0.2) is 48.5 Å². The van der Waals surface area contributed by atoms with Crippen molar-refractivity contribution in [2.24, 2.45) is 10.8 Å². The van der Waals surface area contributed by atoms with E-state index >= 15 is 0 Å². The Morgan fingerprint density at radius 3 is 2.21 bits per heavy atom. The van der Waals surface area contributed by atoms with Gasteiger partial charge >= 0.3 is 12.1 Å². The van der Waals surface area contributed by atoms with Gasteiger partial charge in [-0.25, -0.2) is 4.79 Å². The molecule has 5 rings (SSSR count). The molecule has 0 aliphatic heterocycles. The lowest BCUT2D eigenvalue weighted by Gasteiger charge is -2.31. The van der Waals surface area contributed by atoms with Crippen molar-refractivity contribution in [1.29, 1.82) is 0 Å². The molecule has 3 aliphatic carbocycles. The third-order valence-electron chi connectivity index (χ3n) is 8.04. The number of ether oxygens (including phenoxy) is 1. The van der Waals surface area contributed by atoms with Crippen molar-refractivity contribution >= 4 is 18.0 Å². The SMILES string of the molecule is C[C@@H](CC(=O)NCC1(C(=O)O)CC12CCC2)NC(=O)OCC1c2ccccc2-c2ccccc21. The van der Waals surface area contributed by atoms with Gasteiger partial charge in [0.15, 0.2) is 0 Å². The number of benzene rings is 2. The zero-order valence-electron chi connectivity index (χ0n) is 19.3. The summed E-state index contributed by atoms with van der Waals surface area (Å²) >= 11 is 0. The molecule has 1 unspecified atom stereocenters. The van der Waals surface area contributed by atoms with Crippen LogP contribution in [0.2, 0.25) is 0 Å². The lowest BCUT2D eigenvalue weighted by Crippen LogP contribution is -2.42. The first-order chi connectivity index (χ1) is 16.4. The number of carbonyl (C=O) groups excluding carboxylic acids is 2. The Balaban J connectivity index is 1.10. The van der Waals surface area contributed by atoms with Crippen molar-refractivity contribution in [1.82, 2.24) is 10.6 Å². The van der Waals surface area contributed by atoms with E-state index in [1.807, 2.05) is 24.3 Å². The van der Waals surface area contributed by atoms with Crippen LogP contribution in [0, 0.1) is 10.8 Å². The molecule has 0 saturated heterocycles. The Labute approximate surface area is 198 Å². The number of carbonyl (C=O) groups is 3. The van der Waals surface area contributed by atoms with Crippen molar-refractivity contribution in [2.75, 3.05) is 13.2 Å². The molecule has 3 aliphatic rings. The van der Waals surface area contributed by atoms with E-state index < -0.39 is 23.5 Å². The number of nitrogens with one attached hydrogen (secondary N) is 2. The average molecular weight is 463 g/mol. The van der Waals surface area contributed by atoms with Crippen LogP contribution in [0.3, 0.4) is 0 Å². The molecular formula is C27H30N2O5. The first-order valence-corrected chi connectivity index (χ1v) is 12.0. The van der Waals surface area contributed by atoms with Crippen molar-refractivity contribution < 1.29 is 24.2 Å². The Kier molecular flexibility index (Phi) is 5.58. The Morgan fingerprint density at radius 2 is 1.68 bits per heavy atom. The summed E-state index contributed by atoms with van der Waals surface area (Å²) in [6, 6.07) is 15.8. The molecular weight excluding hydrogens is 432 g/mol. The van der Waals surface area contributed by atoms with Crippen molar-refractivity contribution in [2.45, 2.75) is 51.0 Å². The van der Waals surface area contributed by atoms with E-state index in [-0.39, 0.29) is 36.8 Å². The van der Waals surface area contributed by atoms with Gasteiger partial charge < -0.3 is 20.5 Å². The molecule has 0 aromatic heterocycles. The van der Waals surface area contributed by atoms with Crippen LogP contribution in [0.1, 0.15) is 56.1 Å². The molecule has 2 aromatic rings. The second kappa shape index (κ2) is 8.46. The van der Waals surface area contributed by atoms with Crippen molar-refractivity contribution in [3.05, 3.63) is 59.7 Å². The maximum Gasteiger partial charge on any atom is 0.407 e. The van der Waals surface area contributed by atoms with E-state index in [2.05, 4.69) is 34.9 Å². The summed E-state index contributed by atoms with van der Waals surface area (Å²) in [5.74, 6) is -1.12. The number of rotatable bonds is 8. The minimum absolute atomic E-state index is 0.0265. The van der Waals surface area contributed by atoms with Gasteiger partial charge in [-0.1, -0.05) is 55.0 Å². The molecule has 3 N–H and O–H groups in total. The summed E-state index contributed by atoms with van der Waals surface area (Å²) in [5.41, 5.74) is 3.68. The maximum atomic E-state index is 12.4. The monoisotopic (exact) mass is 462 g/mol. The number of carboxylic acids is 1. The third kappa shape index (κ3) is 3.73. The minimum Gasteiger partial charge on any atom is -0.481 e. The molecule has 2 aromatic carbocycles. The van der Waals surface area contributed by atoms with Gasteiger partial charge in [-0.2, -0.15) is 0 Å². The number of aliphatic carboxylic acids is 1. The van der Waals surface area contributed by atoms with Gasteiger partial charge in [0.05, 0.1) is 5.41 Å². The minimum atomic E-state index is -0.822. The van der Waals surface area contributed by atoms with Crippen LogP contribution in [0.5, 0.6) is 0 Å². The van der Waals surface area contributed by atoms with Crippen LogP contribution in [0.25, 0.3) is 11.1 Å². The molecule has 2 amide bonds. The first-order valence-electron chi connectivity index (χ1n) is 12.0. The summed E-state index contributed by atoms with van der Waals surface area (Å²) in [6.07, 6.45) is 3.05. The highest BCUT2D eigenvalue weighted by Gasteiger charge is 2.73. The van der Waals surface area contributed by atoms with E-state index in [1.54, 1.807) is 6.92 Å². The second-order valence-electron chi connectivity index (χ2n) is 10.0. The number of hydrogen-bond donors (Lipinski definition) is 3. The Morgan fingerprint density at radius 1 is 1.06 bits per heavy atom. The fraction of sp³-hybridized carbons (Fsp3) is 0.444. The summed E-state index contributed by atoms with van der Waals surface area (Å²) in [5, 5.41) is 15.2. The van der Waals surface area contributed by atoms with Crippen LogP contribution < -0.4 is 10.6 Å². The van der Waals surface area contributed by atoms with Crippen LogP contribution in [-0.2, 0) is 14.3 Å². The predicted molar refractivity (Wildman–Crippen MR) is 126 cm³/mol. The van der Waals surface area contributed by atoms with Crippen LogP contribution >= 0.6 is 0 Å². The smallest absolute Gasteiger partial charge is 0.407 e. The van der Waals surface area contributed by atoms with Gasteiger partial charge in [-0.3, -0.25) is 9.59 Å². The first kappa shape index (κ1) is 22.4. The third-order valence-corrected chi connectivity index (χ3v) is 8.04. The molecule has 0 radical (unpaired) electrons. The fourth-order valence-electron chi connectivity index (χ4n) is 5.91. The molecule has 34 heavy (non-hydrogen) atoms. The van der Waals surface area contributed by atoms with Gasteiger partial charge in [-0.05, 0) is 53.9 Å². The predicted octanol–water partition coefficient (Wildman–Crippen LogP) is 4.06. The maximum absolute atomic E-state index is 12.4. The van der Waals surface area contributed by atoms with Crippen molar-refractivity contribution in [3.8, 4) is 11.1 Å². The molecule has 178 valence electrons. The van der Waals surface area contributed by atoms with Gasteiger partial charge in [0.1, 0.15) is 6.61 Å². The molecule has 1 spiro atoms. The molecule has 0 bridgehead atoms. The van der Waals surface area contributed by atoms with Gasteiger partial charge in [0.2, 0.25) is 5.91 Å². The molecule has 2 fully saturated rings. The average Bonchev–Trinajstić information content (AvgIpc) is 3.41. The van der Waals surface area contributed by atoms with Crippen LogP contribution in [-0.4, -0.2) is 42.3 Å². The van der Waals surface area contributed by atoms with Crippen molar-refractivity contribution in [3.63, 3.8) is 0 Å². The van der Waals surface area contributed by atoms with E-state index in [1.165, 1.54) is 0 Å². The molecule has 7 nitrogen and oxygen atoms in total. The second-order valence-corrected chi connectivity index (χ2v) is 10.0. The van der Waals surface area contributed by atoms with E-state index in [4.69, 9.17) is 4.74 Å². The zero-order valence-corrected chi connectivity index (χ0v) is 19.3. The standard InChI is InChI=1S/C27H30N2O5/c1-17(13-23(30)28-16-27(24(31)32)15-26(27)11-6-12-26)29-25(33)34-14-22-20-9-4-2-7-18(20)19-8-3-5-10-21(19)22/h2-5,7-10,17,22H,6,11-16H2,1H3,(H,28,30)(H,29,33)(H,31,32)/t17-,27?/m0/s1. The zero-order chi connectivity index (χ0) is 23.9. The summed E-state index contributed by atoms with van der Waals surface area (Å²) in [4.78, 5) is 36.6. The Bertz CT molecular complexity index is 1100. The lowest BCUT2D eigenvalue weighted by atomic mass is 9.75. The van der Waals surface area contributed by atoms with Crippen LogP contribution in [0.4, 0.5) is 4.79 Å². The van der Waals surface area contributed by atoms with E-state index in [0.717, 1.165) is 41.5 Å². The van der Waals surface area contributed by atoms with E-state index in [9.17, 15) is 19.5 Å². The number of carboxylic acid groups (broad SMARTS) is 1. The lowest BCUT2D eigenvalue weighted by molar-refractivity contribution is -0.145. The summed E-state index contributed by atoms with van der Waals surface area (Å²) in [6.45, 7) is 2.10. The van der Waals surface area contributed by atoms with Gasteiger partial charge in [-0.15, -0.1) is 0 Å². The van der Waals surface area contributed by atoms with E-state index in [0.29, 0.717) is 6.42 Å². The summed E-state index contributed by atoms with van der Waals surface area (Å²) in [7, 11) is 0. The Hall–Kier alpha value is -3.35.